The SMILES string of the molecule is CCC(NCc1ccc(Br)cc1F)c1cc(C(C)(C)C)sc1C(=O)O. The van der Waals surface area contributed by atoms with Crippen LogP contribution < -0.4 is 5.32 Å². The van der Waals surface area contributed by atoms with Gasteiger partial charge in [0, 0.05) is 27.5 Å². The van der Waals surface area contributed by atoms with E-state index in [1.54, 1.807) is 12.1 Å². The van der Waals surface area contributed by atoms with Gasteiger partial charge in [0.05, 0.1) is 0 Å². The molecular formula is C19H23BrFNO2S. The highest BCUT2D eigenvalue weighted by molar-refractivity contribution is 9.10. The van der Waals surface area contributed by atoms with E-state index in [-0.39, 0.29) is 17.3 Å². The van der Waals surface area contributed by atoms with Crippen molar-refractivity contribution in [3.05, 3.63) is 55.4 Å². The van der Waals surface area contributed by atoms with Crippen LogP contribution in [0.15, 0.2) is 28.7 Å². The van der Waals surface area contributed by atoms with Crippen LogP contribution in [0.4, 0.5) is 4.39 Å². The van der Waals surface area contributed by atoms with Gasteiger partial charge in [-0.25, -0.2) is 9.18 Å². The van der Waals surface area contributed by atoms with Crippen LogP contribution in [0.2, 0.25) is 0 Å². The largest absolute Gasteiger partial charge is 0.477 e. The van der Waals surface area contributed by atoms with Gasteiger partial charge in [-0.2, -0.15) is 0 Å². The van der Waals surface area contributed by atoms with Crippen molar-refractivity contribution in [3.8, 4) is 0 Å². The third-order valence-electron chi connectivity index (χ3n) is 4.03. The topological polar surface area (TPSA) is 49.3 Å². The van der Waals surface area contributed by atoms with Gasteiger partial charge in [0.15, 0.2) is 0 Å². The van der Waals surface area contributed by atoms with Crippen LogP contribution in [0.5, 0.6) is 0 Å². The average molecular weight is 428 g/mol. The molecule has 0 aliphatic rings. The third kappa shape index (κ3) is 4.90. The zero-order chi connectivity index (χ0) is 18.8. The van der Waals surface area contributed by atoms with Gasteiger partial charge in [0.25, 0.3) is 0 Å². The van der Waals surface area contributed by atoms with Crippen LogP contribution in [0.3, 0.4) is 0 Å². The predicted octanol–water partition coefficient (Wildman–Crippen LogP) is 5.89. The molecule has 2 aromatic rings. The average Bonchev–Trinajstić information content (AvgIpc) is 2.95. The lowest BCUT2D eigenvalue weighted by Gasteiger charge is -2.18. The summed E-state index contributed by atoms with van der Waals surface area (Å²) < 4.78 is 14.7. The molecule has 25 heavy (non-hydrogen) atoms. The number of halogens is 2. The summed E-state index contributed by atoms with van der Waals surface area (Å²) in [6.07, 6.45) is 0.721. The van der Waals surface area contributed by atoms with Gasteiger partial charge in [0.1, 0.15) is 10.7 Å². The Bertz CT molecular complexity index is 767. The Morgan fingerprint density at radius 2 is 2.04 bits per heavy atom. The number of carboxylic acids is 1. The second kappa shape index (κ2) is 7.98. The fraction of sp³-hybridized carbons (Fsp3) is 0.421. The summed E-state index contributed by atoms with van der Waals surface area (Å²) in [5.41, 5.74) is 1.23. The minimum Gasteiger partial charge on any atom is -0.477 e. The van der Waals surface area contributed by atoms with Crippen molar-refractivity contribution in [1.82, 2.24) is 5.32 Å². The minimum absolute atomic E-state index is 0.108. The van der Waals surface area contributed by atoms with E-state index in [2.05, 4.69) is 42.0 Å². The molecule has 1 heterocycles. The molecule has 0 aliphatic heterocycles. The highest BCUT2D eigenvalue weighted by atomic mass is 79.9. The molecule has 1 aromatic carbocycles. The van der Waals surface area contributed by atoms with Gasteiger partial charge >= 0.3 is 5.97 Å². The highest BCUT2D eigenvalue weighted by Gasteiger charge is 2.26. The summed E-state index contributed by atoms with van der Waals surface area (Å²) in [7, 11) is 0. The first-order valence-electron chi connectivity index (χ1n) is 8.18. The van der Waals surface area contributed by atoms with Crippen molar-refractivity contribution >= 4 is 33.2 Å². The first-order chi connectivity index (χ1) is 11.6. The molecule has 1 atom stereocenters. The fourth-order valence-corrected chi connectivity index (χ4v) is 4.02. The van der Waals surface area contributed by atoms with Gasteiger partial charge < -0.3 is 10.4 Å². The molecule has 1 aromatic heterocycles. The molecule has 0 amide bonds. The zero-order valence-corrected chi connectivity index (χ0v) is 17.2. The normalized spacial score (nSPS) is 13.0. The van der Waals surface area contributed by atoms with Gasteiger partial charge in [-0.1, -0.05) is 49.7 Å². The van der Waals surface area contributed by atoms with Crippen LogP contribution in [0.1, 0.15) is 65.8 Å². The molecule has 2 rings (SSSR count). The Labute approximate surface area is 160 Å². The monoisotopic (exact) mass is 427 g/mol. The number of thiophene rings is 1. The van der Waals surface area contributed by atoms with Crippen LogP contribution in [-0.4, -0.2) is 11.1 Å². The summed E-state index contributed by atoms with van der Waals surface area (Å²) in [6.45, 7) is 8.55. The second-order valence-electron chi connectivity index (χ2n) is 7.03. The maximum absolute atomic E-state index is 14.0. The lowest BCUT2D eigenvalue weighted by Crippen LogP contribution is -2.22. The number of benzene rings is 1. The number of rotatable bonds is 6. The molecule has 0 radical (unpaired) electrons. The molecule has 0 aliphatic carbocycles. The number of carbonyl (C=O) groups is 1. The number of hydrogen-bond donors (Lipinski definition) is 2. The third-order valence-corrected chi connectivity index (χ3v) is 6.09. The summed E-state index contributed by atoms with van der Waals surface area (Å²) in [4.78, 5) is 13.1. The van der Waals surface area contributed by atoms with Gasteiger partial charge in [-0.3, -0.25) is 0 Å². The van der Waals surface area contributed by atoms with Crippen LogP contribution in [0.25, 0.3) is 0 Å². The Hall–Kier alpha value is -1.24. The molecule has 0 fully saturated rings. The number of aromatic carboxylic acids is 1. The van der Waals surface area contributed by atoms with Crippen LogP contribution in [0, 0.1) is 5.82 Å². The van der Waals surface area contributed by atoms with Gasteiger partial charge in [-0.15, -0.1) is 11.3 Å². The van der Waals surface area contributed by atoms with E-state index in [0.717, 1.165) is 16.9 Å². The lowest BCUT2D eigenvalue weighted by molar-refractivity contribution is 0.0700. The number of hydrogen-bond acceptors (Lipinski definition) is 3. The molecule has 0 saturated heterocycles. The maximum Gasteiger partial charge on any atom is 0.346 e. The molecule has 0 spiro atoms. The second-order valence-corrected chi connectivity index (χ2v) is 9.00. The summed E-state index contributed by atoms with van der Waals surface area (Å²) in [5.74, 6) is -1.19. The van der Waals surface area contributed by atoms with Crippen LogP contribution >= 0.6 is 27.3 Å². The Morgan fingerprint density at radius 3 is 2.56 bits per heavy atom. The van der Waals surface area contributed by atoms with Crippen molar-refractivity contribution in [2.45, 2.75) is 52.1 Å². The molecule has 1 unspecified atom stereocenters. The van der Waals surface area contributed by atoms with E-state index >= 15 is 0 Å². The first-order valence-corrected chi connectivity index (χ1v) is 9.79. The lowest BCUT2D eigenvalue weighted by atomic mass is 9.93. The zero-order valence-electron chi connectivity index (χ0n) is 14.8. The Kier molecular flexibility index (Phi) is 6.40. The summed E-state index contributed by atoms with van der Waals surface area (Å²) >= 11 is 4.57. The van der Waals surface area contributed by atoms with E-state index in [1.807, 2.05) is 13.0 Å². The van der Waals surface area contributed by atoms with Crippen molar-refractivity contribution in [3.63, 3.8) is 0 Å². The maximum atomic E-state index is 14.0. The molecule has 136 valence electrons. The van der Waals surface area contributed by atoms with E-state index < -0.39 is 5.97 Å². The van der Waals surface area contributed by atoms with E-state index in [9.17, 15) is 14.3 Å². The van der Waals surface area contributed by atoms with Crippen LogP contribution in [-0.2, 0) is 12.0 Å². The Balaban J connectivity index is 2.27. The smallest absolute Gasteiger partial charge is 0.346 e. The minimum atomic E-state index is -0.912. The number of nitrogens with one attached hydrogen (secondary N) is 1. The predicted molar refractivity (Wildman–Crippen MR) is 104 cm³/mol. The molecule has 3 nitrogen and oxygen atoms in total. The van der Waals surface area contributed by atoms with E-state index in [1.165, 1.54) is 17.4 Å². The summed E-state index contributed by atoms with van der Waals surface area (Å²) in [5, 5.41) is 12.9. The molecule has 6 heteroatoms. The molecular weight excluding hydrogens is 405 g/mol. The van der Waals surface area contributed by atoms with Gasteiger partial charge in [0.2, 0.25) is 0 Å². The van der Waals surface area contributed by atoms with Gasteiger partial charge in [-0.05, 0) is 35.6 Å². The quantitative estimate of drug-likeness (QED) is 0.604. The fourth-order valence-electron chi connectivity index (χ4n) is 2.57. The van der Waals surface area contributed by atoms with Crippen molar-refractivity contribution in [2.75, 3.05) is 0 Å². The molecule has 0 saturated carbocycles. The first kappa shape index (κ1) is 20.1. The van der Waals surface area contributed by atoms with Crippen molar-refractivity contribution < 1.29 is 14.3 Å². The summed E-state index contributed by atoms with van der Waals surface area (Å²) in [6, 6.07) is 6.80. The van der Waals surface area contributed by atoms with Crippen molar-refractivity contribution in [2.24, 2.45) is 0 Å². The standard InChI is InChI=1S/C19H23BrFNO2S/c1-5-15(22-10-11-6-7-12(20)8-14(11)21)13-9-16(19(2,3)4)25-17(13)18(23)24/h6-9,15,22H,5,10H2,1-4H3,(H,23,24). The molecule has 2 N–H and O–H groups in total. The van der Waals surface area contributed by atoms with Crippen molar-refractivity contribution in [1.29, 1.82) is 0 Å². The van der Waals surface area contributed by atoms with E-state index in [4.69, 9.17) is 0 Å². The van der Waals surface area contributed by atoms with E-state index in [0.29, 0.717) is 21.5 Å². The Morgan fingerprint density at radius 1 is 1.36 bits per heavy atom. The highest BCUT2D eigenvalue weighted by Crippen LogP contribution is 2.36. The molecule has 0 bridgehead atoms. The number of carboxylic acid groups (broad SMARTS) is 1.